The van der Waals surface area contributed by atoms with E-state index in [1.165, 1.54) is 11.1 Å². The Kier molecular flexibility index (Phi) is 5.22. The van der Waals surface area contributed by atoms with Crippen molar-refractivity contribution in [2.45, 2.75) is 116 Å². The van der Waals surface area contributed by atoms with Gasteiger partial charge in [0.05, 0.1) is 18.1 Å². The number of carboxylic acids is 1. The van der Waals surface area contributed by atoms with Crippen LogP contribution in [-0.2, 0) is 14.3 Å². The van der Waals surface area contributed by atoms with E-state index in [2.05, 4.69) is 33.4 Å². The highest BCUT2D eigenvalue weighted by molar-refractivity contribution is 5.77. The number of aliphatic carboxylic acids is 1. The van der Waals surface area contributed by atoms with Gasteiger partial charge in [0.1, 0.15) is 5.60 Å². The van der Waals surface area contributed by atoms with Gasteiger partial charge < -0.3 is 19.7 Å². The van der Waals surface area contributed by atoms with Crippen molar-refractivity contribution in [1.29, 1.82) is 0 Å². The van der Waals surface area contributed by atoms with E-state index in [0.717, 1.165) is 64.2 Å². The first kappa shape index (κ1) is 25.1. The van der Waals surface area contributed by atoms with Crippen LogP contribution in [0, 0.1) is 39.4 Å². The second-order valence-electron chi connectivity index (χ2n) is 14.6. The lowest BCUT2D eigenvalue weighted by molar-refractivity contribution is -0.371. The van der Waals surface area contributed by atoms with Crippen LogP contribution >= 0.6 is 0 Å². The molecule has 1 saturated heterocycles. The molecule has 0 spiro atoms. The number of rotatable bonds is 1. The zero-order valence-corrected chi connectivity index (χ0v) is 23.0. The van der Waals surface area contributed by atoms with Crippen LogP contribution in [-0.4, -0.2) is 40.3 Å². The Morgan fingerprint density at radius 2 is 1.78 bits per heavy atom. The van der Waals surface area contributed by atoms with Gasteiger partial charge in [-0.1, -0.05) is 44.6 Å². The van der Waals surface area contributed by atoms with Gasteiger partial charge >= 0.3 is 5.97 Å². The predicted octanol–water partition coefficient (Wildman–Crippen LogP) is 6.26. The van der Waals surface area contributed by atoms with Crippen LogP contribution in [0.3, 0.4) is 0 Å². The fourth-order valence-corrected chi connectivity index (χ4v) is 10.7. The third-order valence-corrected chi connectivity index (χ3v) is 12.9. The highest BCUT2D eigenvalue weighted by Crippen LogP contribution is 2.75. The van der Waals surface area contributed by atoms with Gasteiger partial charge in [0.15, 0.2) is 5.79 Å². The molecule has 36 heavy (non-hydrogen) atoms. The van der Waals surface area contributed by atoms with E-state index < -0.39 is 22.8 Å². The fourth-order valence-electron chi connectivity index (χ4n) is 10.7. The summed E-state index contributed by atoms with van der Waals surface area (Å²) in [5, 5.41) is 22.5. The number of hydrogen-bond acceptors (Lipinski definition) is 4. The lowest BCUT2D eigenvalue weighted by Crippen LogP contribution is -2.71. The van der Waals surface area contributed by atoms with Gasteiger partial charge in [-0.25, -0.2) is 0 Å². The maximum absolute atomic E-state index is 12.7. The lowest BCUT2D eigenvalue weighted by atomic mass is 9.34. The van der Waals surface area contributed by atoms with Crippen LogP contribution in [0.4, 0.5) is 0 Å². The first-order chi connectivity index (χ1) is 16.7. The van der Waals surface area contributed by atoms with Crippen molar-refractivity contribution in [3.8, 4) is 0 Å². The normalized spacial score (nSPS) is 53.6. The maximum atomic E-state index is 12.7. The molecule has 6 aliphatic rings. The highest BCUT2D eigenvalue weighted by Gasteiger charge is 2.70. The molecule has 4 saturated carbocycles. The van der Waals surface area contributed by atoms with Gasteiger partial charge in [0.2, 0.25) is 0 Å². The zero-order valence-electron chi connectivity index (χ0n) is 23.0. The van der Waals surface area contributed by atoms with Crippen LogP contribution in [0.25, 0.3) is 0 Å². The SMILES string of the molecule is C=C1CCC2(C(=O)O)CCC3(C)C(=CCC4C5(C)CCC6OC(C)(C)OCC6(O)C5CCC43C)C2C1. The Hall–Kier alpha value is -1.17. The third-order valence-electron chi connectivity index (χ3n) is 12.9. The summed E-state index contributed by atoms with van der Waals surface area (Å²) in [6.45, 7) is 15.9. The molecular formula is C31H46O5. The molecule has 5 nitrogen and oxygen atoms in total. The van der Waals surface area contributed by atoms with Crippen molar-refractivity contribution < 1.29 is 24.5 Å². The van der Waals surface area contributed by atoms with Gasteiger partial charge in [0.25, 0.3) is 0 Å². The van der Waals surface area contributed by atoms with Crippen molar-refractivity contribution in [1.82, 2.24) is 0 Å². The summed E-state index contributed by atoms with van der Waals surface area (Å²) in [6, 6.07) is 0. The molecule has 0 aromatic heterocycles. The van der Waals surface area contributed by atoms with E-state index in [1.807, 2.05) is 13.8 Å². The van der Waals surface area contributed by atoms with Crippen LogP contribution in [0.1, 0.15) is 98.8 Å². The Labute approximate surface area is 216 Å². The van der Waals surface area contributed by atoms with E-state index in [-0.39, 0.29) is 34.2 Å². The van der Waals surface area contributed by atoms with E-state index in [9.17, 15) is 15.0 Å². The molecule has 5 fully saturated rings. The van der Waals surface area contributed by atoms with Gasteiger partial charge in [-0.05, 0) is 106 Å². The molecule has 2 N–H and O–H groups in total. The van der Waals surface area contributed by atoms with E-state index in [1.54, 1.807) is 0 Å². The largest absolute Gasteiger partial charge is 0.481 e. The molecule has 6 rings (SSSR count). The molecule has 5 heteroatoms. The van der Waals surface area contributed by atoms with Crippen molar-refractivity contribution >= 4 is 5.97 Å². The highest BCUT2D eigenvalue weighted by atomic mass is 16.7. The molecule has 0 aromatic rings. The molecule has 5 aliphatic carbocycles. The van der Waals surface area contributed by atoms with E-state index in [0.29, 0.717) is 12.5 Å². The molecule has 200 valence electrons. The topological polar surface area (TPSA) is 76.0 Å². The van der Waals surface area contributed by atoms with Crippen molar-refractivity contribution in [3.63, 3.8) is 0 Å². The molecule has 0 aromatic carbocycles. The quantitative estimate of drug-likeness (QED) is 0.417. The summed E-state index contributed by atoms with van der Waals surface area (Å²) in [4.78, 5) is 12.7. The van der Waals surface area contributed by atoms with E-state index >= 15 is 0 Å². The van der Waals surface area contributed by atoms with Gasteiger partial charge in [-0.3, -0.25) is 4.79 Å². The van der Waals surface area contributed by atoms with E-state index in [4.69, 9.17) is 9.47 Å². The summed E-state index contributed by atoms with van der Waals surface area (Å²) < 4.78 is 12.3. The van der Waals surface area contributed by atoms with Crippen molar-refractivity contribution in [2.24, 2.45) is 39.4 Å². The first-order valence-electron chi connectivity index (χ1n) is 14.4. The first-order valence-corrected chi connectivity index (χ1v) is 14.4. The monoisotopic (exact) mass is 498 g/mol. The second kappa shape index (κ2) is 7.48. The fraction of sp³-hybridized carbons (Fsp3) is 0.839. The zero-order chi connectivity index (χ0) is 25.9. The molecule has 1 aliphatic heterocycles. The summed E-state index contributed by atoms with van der Waals surface area (Å²) >= 11 is 0. The summed E-state index contributed by atoms with van der Waals surface area (Å²) in [7, 11) is 0. The lowest BCUT2D eigenvalue weighted by Gasteiger charge is -2.71. The van der Waals surface area contributed by atoms with Crippen molar-refractivity contribution in [2.75, 3.05) is 6.61 Å². The van der Waals surface area contributed by atoms with Gasteiger partial charge in [-0.2, -0.15) is 0 Å². The number of fused-ring (bicyclic) bond motifs is 9. The molecule has 1 heterocycles. The molecule has 0 bridgehead atoms. The predicted molar refractivity (Wildman–Crippen MR) is 138 cm³/mol. The minimum absolute atomic E-state index is 0.00497. The summed E-state index contributed by atoms with van der Waals surface area (Å²) in [6.07, 6.45) is 11.3. The maximum Gasteiger partial charge on any atom is 0.310 e. The third kappa shape index (κ3) is 2.97. The average Bonchev–Trinajstić information content (AvgIpc) is 2.80. The van der Waals surface area contributed by atoms with Gasteiger partial charge in [0, 0.05) is 5.92 Å². The van der Waals surface area contributed by atoms with Crippen LogP contribution in [0.2, 0.25) is 0 Å². The number of carbonyl (C=O) groups is 1. The Morgan fingerprint density at radius 1 is 1.03 bits per heavy atom. The summed E-state index contributed by atoms with van der Waals surface area (Å²) in [5.74, 6) is -0.589. The minimum atomic E-state index is -0.944. The Morgan fingerprint density at radius 3 is 2.50 bits per heavy atom. The number of ether oxygens (including phenoxy) is 2. The Bertz CT molecular complexity index is 1030. The van der Waals surface area contributed by atoms with Gasteiger partial charge in [-0.15, -0.1) is 0 Å². The van der Waals surface area contributed by atoms with Crippen LogP contribution in [0.5, 0.6) is 0 Å². The van der Waals surface area contributed by atoms with Crippen LogP contribution in [0.15, 0.2) is 23.8 Å². The number of allylic oxidation sites excluding steroid dienone is 3. The Balaban J connectivity index is 1.39. The number of carboxylic acid groups (broad SMARTS) is 1. The number of hydrogen-bond donors (Lipinski definition) is 2. The van der Waals surface area contributed by atoms with Crippen LogP contribution < -0.4 is 0 Å². The van der Waals surface area contributed by atoms with Crippen molar-refractivity contribution in [3.05, 3.63) is 23.8 Å². The average molecular weight is 499 g/mol. The molecular weight excluding hydrogens is 452 g/mol. The smallest absolute Gasteiger partial charge is 0.310 e. The standard InChI is InChI=1S/C31H46O5/c1-19-9-14-30(25(32)33)16-15-28(5)20(21(30)17-19)7-8-22-27(4)12-11-24-31(34,18-35-26(2,3)36-24)23(27)10-13-29(22,28)6/h7,21-24,34H,1,8-18H2,2-6H3,(H,32,33). The molecule has 9 atom stereocenters. The minimum Gasteiger partial charge on any atom is -0.481 e. The molecule has 0 amide bonds. The molecule has 0 radical (unpaired) electrons. The number of aliphatic hydroxyl groups is 1. The second-order valence-corrected chi connectivity index (χ2v) is 14.6. The summed E-state index contributed by atoms with van der Waals surface area (Å²) in [5.41, 5.74) is 1.10. The molecule has 9 unspecified atom stereocenters.